The number of aliphatic hydroxyl groups is 1. The van der Waals surface area contributed by atoms with E-state index in [1.54, 1.807) is 10.8 Å². The van der Waals surface area contributed by atoms with Crippen LogP contribution in [0.2, 0.25) is 0 Å². The summed E-state index contributed by atoms with van der Waals surface area (Å²) in [6, 6.07) is 7.16. The Morgan fingerprint density at radius 1 is 1.25 bits per heavy atom. The average Bonchev–Trinajstić information content (AvgIpc) is 2.28. The molecule has 0 aliphatic heterocycles. The highest BCUT2D eigenvalue weighted by atomic mass is 32.2. The number of nitrogens with one attached hydrogen (secondary N) is 1. The van der Waals surface area contributed by atoms with Crippen molar-refractivity contribution < 1.29 is 22.3 Å². The van der Waals surface area contributed by atoms with Gasteiger partial charge in [-0.3, -0.25) is 0 Å². The first kappa shape index (κ1) is 13.0. The van der Waals surface area contributed by atoms with Gasteiger partial charge in [-0.1, -0.05) is 18.2 Å². The molecule has 7 heteroatoms. The SMILES string of the molecule is O=S(=O)(NCC(F)(F)CO)c1ccccc1. The zero-order valence-electron chi connectivity index (χ0n) is 8.23. The minimum Gasteiger partial charge on any atom is -0.390 e. The Morgan fingerprint density at radius 3 is 2.31 bits per heavy atom. The Hall–Kier alpha value is -1.05. The molecule has 0 amide bonds. The van der Waals surface area contributed by atoms with Gasteiger partial charge in [-0.2, -0.15) is 0 Å². The van der Waals surface area contributed by atoms with E-state index in [-0.39, 0.29) is 4.90 Å². The van der Waals surface area contributed by atoms with Gasteiger partial charge >= 0.3 is 0 Å². The zero-order chi connectivity index (χ0) is 12.2. The van der Waals surface area contributed by atoms with E-state index in [1.807, 2.05) is 0 Å². The summed E-state index contributed by atoms with van der Waals surface area (Å²) in [5.74, 6) is -3.46. The molecule has 0 radical (unpaired) electrons. The van der Waals surface area contributed by atoms with Gasteiger partial charge in [-0.05, 0) is 12.1 Å². The average molecular weight is 251 g/mol. The zero-order valence-corrected chi connectivity index (χ0v) is 9.05. The summed E-state index contributed by atoms with van der Waals surface area (Å²) in [5.41, 5.74) is 0. The Balaban J connectivity index is 2.75. The second-order valence-corrected chi connectivity index (χ2v) is 4.92. The van der Waals surface area contributed by atoms with Crippen molar-refractivity contribution >= 4 is 10.0 Å². The van der Waals surface area contributed by atoms with Crippen LogP contribution in [0, 0.1) is 0 Å². The van der Waals surface area contributed by atoms with Gasteiger partial charge in [-0.25, -0.2) is 21.9 Å². The predicted molar refractivity (Wildman–Crippen MR) is 53.7 cm³/mol. The smallest absolute Gasteiger partial charge is 0.283 e. The second-order valence-electron chi connectivity index (χ2n) is 3.15. The number of hydrogen-bond acceptors (Lipinski definition) is 3. The van der Waals surface area contributed by atoms with Gasteiger partial charge in [0.15, 0.2) is 0 Å². The molecule has 0 saturated heterocycles. The number of sulfonamides is 1. The minimum atomic E-state index is -3.94. The van der Waals surface area contributed by atoms with E-state index in [0.717, 1.165) is 0 Å². The molecule has 0 bridgehead atoms. The summed E-state index contributed by atoms with van der Waals surface area (Å²) in [4.78, 5) is -0.0938. The molecule has 0 atom stereocenters. The largest absolute Gasteiger partial charge is 0.390 e. The van der Waals surface area contributed by atoms with E-state index in [1.165, 1.54) is 24.3 Å². The summed E-state index contributed by atoms with van der Waals surface area (Å²) in [6.45, 7) is -2.52. The summed E-state index contributed by atoms with van der Waals surface area (Å²) in [7, 11) is -3.94. The fraction of sp³-hybridized carbons (Fsp3) is 0.333. The molecule has 0 fully saturated rings. The molecule has 16 heavy (non-hydrogen) atoms. The van der Waals surface area contributed by atoms with Crippen molar-refractivity contribution in [3.05, 3.63) is 30.3 Å². The summed E-state index contributed by atoms with van der Waals surface area (Å²) in [5, 5.41) is 8.28. The first-order valence-corrected chi connectivity index (χ1v) is 5.89. The molecule has 0 aromatic heterocycles. The van der Waals surface area contributed by atoms with E-state index in [2.05, 4.69) is 0 Å². The lowest BCUT2D eigenvalue weighted by atomic mass is 10.4. The summed E-state index contributed by atoms with van der Waals surface area (Å²) < 4.78 is 49.9. The third kappa shape index (κ3) is 3.51. The minimum absolute atomic E-state index is 0.0938. The van der Waals surface area contributed by atoms with Crippen molar-refractivity contribution in [3.8, 4) is 0 Å². The third-order valence-electron chi connectivity index (χ3n) is 1.81. The molecule has 0 aliphatic carbocycles. The molecular formula is C9H11F2NO3S. The lowest BCUT2D eigenvalue weighted by Gasteiger charge is -2.14. The maximum Gasteiger partial charge on any atom is 0.283 e. The van der Waals surface area contributed by atoms with Crippen LogP contribution in [-0.4, -0.2) is 32.6 Å². The first-order chi connectivity index (χ1) is 7.37. The molecule has 1 aromatic rings. The summed E-state index contributed by atoms with van der Waals surface area (Å²) >= 11 is 0. The van der Waals surface area contributed by atoms with Crippen molar-refractivity contribution in [3.63, 3.8) is 0 Å². The number of alkyl halides is 2. The van der Waals surface area contributed by atoms with Crippen LogP contribution in [0.4, 0.5) is 8.78 Å². The molecule has 0 aliphatic rings. The second kappa shape index (κ2) is 4.86. The van der Waals surface area contributed by atoms with E-state index in [9.17, 15) is 17.2 Å². The number of hydrogen-bond donors (Lipinski definition) is 2. The molecule has 90 valence electrons. The lowest BCUT2D eigenvalue weighted by Crippen LogP contribution is -2.38. The number of rotatable bonds is 5. The Kier molecular flexibility index (Phi) is 3.95. The van der Waals surface area contributed by atoms with Gasteiger partial charge in [0, 0.05) is 0 Å². The Morgan fingerprint density at radius 2 is 1.81 bits per heavy atom. The van der Waals surface area contributed by atoms with Gasteiger partial charge in [0.1, 0.15) is 6.61 Å². The third-order valence-corrected chi connectivity index (χ3v) is 3.22. The van der Waals surface area contributed by atoms with Gasteiger partial charge in [-0.15, -0.1) is 0 Å². The van der Waals surface area contributed by atoms with Crippen LogP contribution >= 0.6 is 0 Å². The molecule has 0 spiro atoms. The van der Waals surface area contributed by atoms with Crippen LogP contribution in [0.15, 0.2) is 35.2 Å². The van der Waals surface area contributed by atoms with Crippen LogP contribution in [0.1, 0.15) is 0 Å². The Labute approximate surface area is 92.0 Å². The normalized spacial score (nSPS) is 12.7. The maximum absolute atomic E-state index is 12.6. The van der Waals surface area contributed by atoms with Gasteiger partial charge < -0.3 is 5.11 Å². The lowest BCUT2D eigenvalue weighted by molar-refractivity contribution is -0.0437. The van der Waals surface area contributed by atoms with Gasteiger partial charge in [0.05, 0.1) is 11.4 Å². The highest BCUT2D eigenvalue weighted by Gasteiger charge is 2.30. The van der Waals surface area contributed by atoms with Crippen molar-refractivity contribution in [1.82, 2.24) is 4.72 Å². The van der Waals surface area contributed by atoms with Gasteiger partial charge in [0.2, 0.25) is 10.0 Å². The standard InChI is InChI=1S/C9H11F2NO3S/c10-9(11,7-13)6-12-16(14,15)8-4-2-1-3-5-8/h1-5,12-13H,6-7H2. The van der Waals surface area contributed by atoms with Crippen molar-refractivity contribution in [2.45, 2.75) is 10.8 Å². The highest BCUT2D eigenvalue weighted by Crippen LogP contribution is 2.13. The van der Waals surface area contributed by atoms with Crippen LogP contribution in [0.5, 0.6) is 0 Å². The quantitative estimate of drug-likeness (QED) is 0.805. The molecule has 1 rings (SSSR count). The number of halogens is 2. The molecule has 0 unspecified atom stereocenters. The van der Waals surface area contributed by atoms with Gasteiger partial charge in [0.25, 0.3) is 5.92 Å². The number of aliphatic hydroxyl groups excluding tert-OH is 1. The maximum atomic E-state index is 12.6. The van der Waals surface area contributed by atoms with Crippen LogP contribution < -0.4 is 4.72 Å². The molecule has 2 N–H and O–H groups in total. The molecular weight excluding hydrogens is 240 g/mol. The molecule has 1 aromatic carbocycles. The number of benzene rings is 1. The van der Waals surface area contributed by atoms with E-state index >= 15 is 0 Å². The van der Waals surface area contributed by atoms with Crippen molar-refractivity contribution in [1.29, 1.82) is 0 Å². The van der Waals surface area contributed by atoms with E-state index < -0.39 is 29.1 Å². The topological polar surface area (TPSA) is 66.4 Å². The van der Waals surface area contributed by atoms with E-state index in [0.29, 0.717) is 0 Å². The molecule has 0 saturated carbocycles. The van der Waals surface area contributed by atoms with Crippen LogP contribution in [0.25, 0.3) is 0 Å². The fourth-order valence-corrected chi connectivity index (χ4v) is 2.02. The fourth-order valence-electron chi connectivity index (χ4n) is 0.939. The highest BCUT2D eigenvalue weighted by molar-refractivity contribution is 7.89. The molecule has 4 nitrogen and oxygen atoms in total. The Bertz CT molecular complexity index is 433. The summed E-state index contributed by atoms with van der Waals surface area (Å²) in [6.07, 6.45) is 0. The molecule has 0 heterocycles. The van der Waals surface area contributed by atoms with E-state index in [4.69, 9.17) is 5.11 Å². The van der Waals surface area contributed by atoms with Crippen molar-refractivity contribution in [2.24, 2.45) is 0 Å². The monoisotopic (exact) mass is 251 g/mol. The van der Waals surface area contributed by atoms with Crippen molar-refractivity contribution in [2.75, 3.05) is 13.2 Å². The first-order valence-electron chi connectivity index (χ1n) is 4.41. The van der Waals surface area contributed by atoms with Crippen LogP contribution in [-0.2, 0) is 10.0 Å². The van der Waals surface area contributed by atoms with Crippen LogP contribution in [0.3, 0.4) is 0 Å². The predicted octanol–water partition coefficient (Wildman–Crippen LogP) is 0.593.